The van der Waals surface area contributed by atoms with Crippen molar-refractivity contribution in [3.05, 3.63) is 0 Å². The van der Waals surface area contributed by atoms with E-state index >= 15 is 0 Å². The van der Waals surface area contributed by atoms with E-state index in [1.807, 2.05) is 0 Å². The van der Waals surface area contributed by atoms with Gasteiger partial charge in [-0.1, -0.05) is 26.7 Å². The maximum absolute atomic E-state index is 3.98. The van der Waals surface area contributed by atoms with Crippen LogP contribution in [0.3, 0.4) is 0 Å². The summed E-state index contributed by atoms with van der Waals surface area (Å²) in [5, 5.41) is 3.98. The van der Waals surface area contributed by atoms with Gasteiger partial charge in [0.05, 0.1) is 0 Å². The molecule has 1 saturated carbocycles. The SMILES string of the molecule is CCCC1CCC(NC(C)C2CCN(CCC)CC2)CC1. The highest BCUT2D eigenvalue weighted by Gasteiger charge is 2.27. The average molecular weight is 295 g/mol. The molecule has 1 N–H and O–H groups in total. The third-order valence-electron chi connectivity index (χ3n) is 5.92. The molecule has 2 rings (SSSR count). The van der Waals surface area contributed by atoms with Gasteiger partial charge in [0.1, 0.15) is 0 Å². The summed E-state index contributed by atoms with van der Waals surface area (Å²) in [4.78, 5) is 2.65. The molecule has 1 heterocycles. The Morgan fingerprint density at radius 2 is 1.62 bits per heavy atom. The fourth-order valence-corrected chi connectivity index (χ4v) is 4.53. The molecule has 0 bridgehead atoms. The highest BCUT2D eigenvalue weighted by molar-refractivity contribution is 4.84. The van der Waals surface area contributed by atoms with E-state index < -0.39 is 0 Å². The van der Waals surface area contributed by atoms with Crippen molar-refractivity contribution in [2.75, 3.05) is 19.6 Å². The molecule has 124 valence electrons. The normalized spacial score (nSPS) is 30.4. The molecule has 1 atom stereocenters. The van der Waals surface area contributed by atoms with Crippen molar-refractivity contribution in [1.29, 1.82) is 0 Å². The fraction of sp³-hybridized carbons (Fsp3) is 1.00. The molecule has 0 aromatic heterocycles. The Morgan fingerprint density at radius 3 is 2.19 bits per heavy atom. The van der Waals surface area contributed by atoms with Crippen molar-refractivity contribution in [3.63, 3.8) is 0 Å². The van der Waals surface area contributed by atoms with Gasteiger partial charge in [-0.25, -0.2) is 0 Å². The van der Waals surface area contributed by atoms with Crippen LogP contribution in [0.4, 0.5) is 0 Å². The second-order valence-electron chi connectivity index (χ2n) is 7.64. The third kappa shape index (κ3) is 5.56. The summed E-state index contributed by atoms with van der Waals surface area (Å²) < 4.78 is 0. The zero-order valence-corrected chi connectivity index (χ0v) is 14.7. The molecule has 2 nitrogen and oxygen atoms in total. The van der Waals surface area contributed by atoms with E-state index in [-0.39, 0.29) is 0 Å². The summed E-state index contributed by atoms with van der Waals surface area (Å²) in [5.41, 5.74) is 0. The quantitative estimate of drug-likeness (QED) is 0.746. The van der Waals surface area contributed by atoms with Crippen LogP contribution in [-0.4, -0.2) is 36.6 Å². The molecule has 0 amide bonds. The van der Waals surface area contributed by atoms with E-state index in [0.29, 0.717) is 0 Å². The second-order valence-corrected chi connectivity index (χ2v) is 7.64. The largest absolute Gasteiger partial charge is 0.311 e. The predicted octanol–water partition coefficient (Wildman–Crippen LogP) is 4.45. The van der Waals surface area contributed by atoms with E-state index in [2.05, 4.69) is 31.0 Å². The van der Waals surface area contributed by atoms with Gasteiger partial charge in [0.2, 0.25) is 0 Å². The van der Waals surface area contributed by atoms with Gasteiger partial charge >= 0.3 is 0 Å². The molecule has 2 aliphatic rings. The van der Waals surface area contributed by atoms with Crippen molar-refractivity contribution in [2.45, 2.75) is 90.6 Å². The zero-order valence-electron chi connectivity index (χ0n) is 14.7. The molecule has 0 spiro atoms. The molecule has 1 saturated heterocycles. The topological polar surface area (TPSA) is 15.3 Å². The molecule has 1 aliphatic heterocycles. The van der Waals surface area contributed by atoms with Gasteiger partial charge in [-0.05, 0) is 83.3 Å². The fourth-order valence-electron chi connectivity index (χ4n) is 4.53. The summed E-state index contributed by atoms with van der Waals surface area (Å²) in [6.07, 6.45) is 12.7. The maximum Gasteiger partial charge on any atom is 0.00705 e. The highest BCUT2D eigenvalue weighted by Crippen LogP contribution is 2.29. The minimum Gasteiger partial charge on any atom is -0.311 e. The number of hydrogen-bond acceptors (Lipinski definition) is 2. The predicted molar refractivity (Wildman–Crippen MR) is 92.7 cm³/mol. The summed E-state index contributed by atoms with van der Waals surface area (Å²) in [7, 11) is 0. The molecule has 2 heteroatoms. The molecule has 0 aromatic carbocycles. The Morgan fingerprint density at radius 1 is 0.952 bits per heavy atom. The molecular weight excluding hydrogens is 256 g/mol. The standard InChI is InChI=1S/C19H38N2/c1-4-6-17-7-9-19(10-8-17)20-16(3)18-11-14-21(13-5-2)15-12-18/h16-20H,4-15H2,1-3H3. The third-order valence-corrected chi connectivity index (χ3v) is 5.92. The van der Waals surface area contributed by atoms with Gasteiger partial charge in [-0.15, -0.1) is 0 Å². The minimum atomic E-state index is 0.724. The van der Waals surface area contributed by atoms with E-state index in [1.54, 1.807) is 0 Å². The van der Waals surface area contributed by atoms with E-state index in [9.17, 15) is 0 Å². The number of nitrogens with one attached hydrogen (secondary N) is 1. The van der Waals surface area contributed by atoms with E-state index in [1.165, 1.54) is 77.4 Å². The van der Waals surface area contributed by atoms with Crippen LogP contribution in [0, 0.1) is 11.8 Å². The average Bonchev–Trinajstić information content (AvgIpc) is 2.50. The maximum atomic E-state index is 3.98. The number of likely N-dealkylation sites (tertiary alicyclic amines) is 1. The van der Waals surface area contributed by atoms with Gasteiger partial charge < -0.3 is 10.2 Å². The van der Waals surface area contributed by atoms with Crippen molar-refractivity contribution >= 4 is 0 Å². The van der Waals surface area contributed by atoms with Crippen molar-refractivity contribution in [3.8, 4) is 0 Å². The molecule has 1 aliphatic carbocycles. The molecular formula is C19H38N2. The van der Waals surface area contributed by atoms with Crippen molar-refractivity contribution in [2.24, 2.45) is 11.8 Å². The van der Waals surface area contributed by atoms with Crippen LogP contribution < -0.4 is 5.32 Å². The summed E-state index contributed by atoms with van der Waals surface area (Å²) in [5.74, 6) is 1.94. The monoisotopic (exact) mass is 294 g/mol. The minimum absolute atomic E-state index is 0.724. The number of nitrogens with zero attached hydrogens (tertiary/aromatic N) is 1. The number of rotatable bonds is 7. The van der Waals surface area contributed by atoms with Crippen molar-refractivity contribution in [1.82, 2.24) is 10.2 Å². The molecule has 21 heavy (non-hydrogen) atoms. The Labute approximate surface area is 133 Å². The lowest BCUT2D eigenvalue weighted by atomic mass is 9.82. The lowest BCUT2D eigenvalue weighted by molar-refractivity contribution is 0.151. The van der Waals surface area contributed by atoms with Crippen LogP contribution >= 0.6 is 0 Å². The first-order valence-corrected chi connectivity index (χ1v) is 9.71. The Bertz CT molecular complexity index is 263. The summed E-state index contributed by atoms with van der Waals surface area (Å²) in [6.45, 7) is 11.0. The van der Waals surface area contributed by atoms with E-state index in [4.69, 9.17) is 0 Å². The van der Waals surface area contributed by atoms with Crippen LogP contribution in [0.5, 0.6) is 0 Å². The van der Waals surface area contributed by atoms with Crippen LogP contribution in [0.15, 0.2) is 0 Å². The first-order valence-electron chi connectivity index (χ1n) is 9.71. The highest BCUT2D eigenvalue weighted by atomic mass is 15.1. The Hall–Kier alpha value is -0.0800. The van der Waals surface area contributed by atoms with Crippen LogP contribution in [-0.2, 0) is 0 Å². The van der Waals surface area contributed by atoms with Gasteiger partial charge in [-0.3, -0.25) is 0 Å². The van der Waals surface area contributed by atoms with Crippen LogP contribution in [0.2, 0.25) is 0 Å². The Kier molecular flexibility index (Phi) is 7.53. The van der Waals surface area contributed by atoms with Crippen LogP contribution in [0.1, 0.15) is 78.6 Å². The van der Waals surface area contributed by atoms with E-state index in [0.717, 1.165) is 23.9 Å². The van der Waals surface area contributed by atoms with Gasteiger partial charge in [0.25, 0.3) is 0 Å². The first kappa shape index (κ1) is 17.3. The molecule has 0 aromatic rings. The smallest absolute Gasteiger partial charge is 0.00705 e. The first-order chi connectivity index (χ1) is 10.2. The van der Waals surface area contributed by atoms with Gasteiger partial charge in [-0.2, -0.15) is 0 Å². The zero-order chi connectivity index (χ0) is 15.1. The Balaban J connectivity index is 1.65. The lowest BCUT2D eigenvalue weighted by Gasteiger charge is -2.38. The van der Waals surface area contributed by atoms with Gasteiger partial charge in [0.15, 0.2) is 0 Å². The van der Waals surface area contributed by atoms with Crippen molar-refractivity contribution < 1.29 is 0 Å². The molecule has 0 radical (unpaired) electrons. The number of piperidine rings is 1. The lowest BCUT2D eigenvalue weighted by Crippen LogP contribution is -2.46. The van der Waals surface area contributed by atoms with Gasteiger partial charge in [0, 0.05) is 12.1 Å². The molecule has 1 unspecified atom stereocenters. The second kappa shape index (κ2) is 9.15. The number of hydrogen-bond donors (Lipinski definition) is 1. The molecule has 2 fully saturated rings. The van der Waals surface area contributed by atoms with Crippen LogP contribution in [0.25, 0.3) is 0 Å². The summed E-state index contributed by atoms with van der Waals surface area (Å²) in [6, 6.07) is 1.53. The summed E-state index contributed by atoms with van der Waals surface area (Å²) >= 11 is 0.